The predicted molar refractivity (Wildman–Crippen MR) is 69.9 cm³/mol. The van der Waals surface area contributed by atoms with E-state index < -0.39 is 9.84 Å². The summed E-state index contributed by atoms with van der Waals surface area (Å²) < 4.78 is 28.3. The molecule has 0 bridgehead atoms. The van der Waals surface area contributed by atoms with Crippen LogP contribution in [0.5, 0.6) is 0 Å². The molecule has 0 amide bonds. The van der Waals surface area contributed by atoms with Crippen LogP contribution in [-0.2, 0) is 14.6 Å². The van der Waals surface area contributed by atoms with Crippen molar-refractivity contribution in [2.75, 3.05) is 31.8 Å². The van der Waals surface area contributed by atoms with Gasteiger partial charge >= 0.3 is 0 Å². The number of hydrogen-bond acceptors (Lipinski definition) is 4. The van der Waals surface area contributed by atoms with E-state index in [-0.39, 0.29) is 12.0 Å². The first-order valence-corrected chi connectivity index (χ1v) is 8.25. The molecule has 0 radical (unpaired) electrons. The maximum atomic E-state index is 11.5. The molecule has 0 saturated carbocycles. The van der Waals surface area contributed by atoms with Crippen molar-refractivity contribution in [2.45, 2.75) is 32.7 Å². The Morgan fingerprint density at radius 3 is 2.65 bits per heavy atom. The van der Waals surface area contributed by atoms with Crippen LogP contribution in [0.25, 0.3) is 0 Å². The molecule has 1 aliphatic rings. The topological polar surface area (TPSA) is 55.4 Å². The molecule has 0 aliphatic carbocycles. The van der Waals surface area contributed by atoms with E-state index in [1.807, 2.05) is 0 Å². The van der Waals surface area contributed by atoms with E-state index in [9.17, 15) is 8.42 Å². The van der Waals surface area contributed by atoms with Crippen LogP contribution < -0.4 is 5.32 Å². The van der Waals surface area contributed by atoms with E-state index in [1.165, 1.54) is 0 Å². The third kappa shape index (κ3) is 4.56. The third-order valence-electron chi connectivity index (χ3n) is 3.45. The Labute approximate surface area is 105 Å². The van der Waals surface area contributed by atoms with Gasteiger partial charge in [0, 0.05) is 13.2 Å². The van der Waals surface area contributed by atoms with Gasteiger partial charge in [0.05, 0.1) is 18.1 Å². The molecule has 0 spiro atoms. The van der Waals surface area contributed by atoms with Gasteiger partial charge in [-0.25, -0.2) is 8.42 Å². The van der Waals surface area contributed by atoms with E-state index in [0.717, 1.165) is 19.4 Å². The summed E-state index contributed by atoms with van der Waals surface area (Å²) in [6.45, 7) is 5.87. The maximum absolute atomic E-state index is 11.5. The van der Waals surface area contributed by atoms with Crippen molar-refractivity contribution in [3.63, 3.8) is 0 Å². The lowest BCUT2D eigenvalue weighted by Gasteiger charge is -2.29. The van der Waals surface area contributed by atoms with Crippen molar-refractivity contribution in [2.24, 2.45) is 11.8 Å². The highest BCUT2D eigenvalue weighted by molar-refractivity contribution is 7.91. The second kappa shape index (κ2) is 6.71. The van der Waals surface area contributed by atoms with Crippen LogP contribution in [0.3, 0.4) is 0 Å². The van der Waals surface area contributed by atoms with Crippen molar-refractivity contribution in [1.29, 1.82) is 0 Å². The highest BCUT2D eigenvalue weighted by atomic mass is 32.2. The monoisotopic (exact) mass is 263 g/mol. The first-order chi connectivity index (χ1) is 8.00. The third-order valence-corrected chi connectivity index (χ3v) is 5.24. The van der Waals surface area contributed by atoms with Gasteiger partial charge in [-0.3, -0.25) is 0 Å². The Morgan fingerprint density at radius 2 is 2.18 bits per heavy atom. The van der Waals surface area contributed by atoms with Gasteiger partial charge in [0.15, 0.2) is 9.84 Å². The van der Waals surface area contributed by atoms with Crippen LogP contribution in [0.4, 0.5) is 0 Å². The zero-order valence-electron chi connectivity index (χ0n) is 11.1. The summed E-state index contributed by atoms with van der Waals surface area (Å²) in [6.07, 6.45) is 1.85. The Kier molecular flexibility index (Phi) is 5.89. The van der Waals surface area contributed by atoms with Gasteiger partial charge < -0.3 is 10.1 Å². The van der Waals surface area contributed by atoms with E-state index in [4.69, 9.17) is 4.74 Å². The fraction of sp³-hybridized carbons (Fsp3) is 1.00. The smallest absolute Gasteiger partial charge is 0.150 e. The number of ether oxygens (including phenoxy) is 1. The minimum Gasteiger partial charge on any atom is -0.384 e. The molecule has 1 fully saturated rings. The van der Waals surface area contributed by atoms with E-state index in [2.05, 4.69) is 19.2 Å². The van der Waals surface area contributed by atoms with Crippen LogP contribution in [0.15, 0.2) is 0 Å². The highest BCUT2D eigenvalue weighted by Gasteiger charge is 2.35. The van der Waals surface area contributed by atoms with Crippen molar-refractivity contribution < 1.29 is 13.2 Å². The van der Waals surface area contributed by atoms with Crippen LogP contribution in [0, 0.1) is 11.8 Å². The SMILES string of the molecule is CCCNC(C(C)COC)C1CCS(=O)(=O)C1. The summed E-state index contributed by atoms with van der Waals surface area (Å²) in [6, 6.07) is 0.257. The summed E-state index contributed by atoms with van der Waals surface area (Å²) in [7, 11) is -1.10. The lowest BCUT2D eigenvalue weighted by atomic mass is 9.89. The first kappa shape index (κ1) is 14.9. The minimum absolute atomic E-state index is 0.247. The van der Waals surface area contributed by atoms with Crippen LogP contribution in [-0.4, -0.2) is 46.2 Å². The van der Waals surface area contributed by atoms with E-state index >= 15 is 0 Å². The Morgan fingerprint density at radius 1 is 1.47 bits per heavy atom. The number of nitrogens with one attached hydrogen (secondary N) is 1. The van der Waals surface area contributed by atoms with Gasteiger partial charge in [-0.1, -0.05) is 13.8 Å². The first-order valence-electron chi connectivity index (χ1n) is 6.43. The molecule has 1 N–H and O–H groups in total. The molecule has 4 nitrogen and oxygen atoms in total. The Hall–Kier alpha value is -0.130. The van der Waals surface area contributed by atoms with Gasteiger partial charge in [0.25, 0.3) is 0 Å². The van der Waals surface area contributed by atoms with Crippen LogP contribution in [0.1, 0.15) is 26.7 Å². The second-order valence-corrected chi connectivity index (χ2v) is 7.30. The largest absolute Gasteiger partial charge is 0.384 e. The summed E-state index contributed by atoms with van der Waals surface area (Å²) >= 11 is 0. The molecule has 1 aliphatic heterocycles. The lowest BCUT2D eigenvalue weighted by Crippen LogP contribution is -2.43. The molecular weight excluding hydrogens is 238 g/mol. The van der Waals surface area contributed by atoms with Gasteiger partial charge in [0.2, 0.25) is 0 Å². The van der Waals surface area contributed by atoms with Crippen molar-refractivity contribution in [1.82, 2.24) is 5.32 Å². The normalized spacial score (nSPS) is 26.9. The Bertz CT molecular complexity index is 316. The van der Waals surface area contributed by atoms with Crippen molar-refractivity contribution in [3.05, 3.63) is 0 Å². The van der Waals surface area contributed by atoms with Gasteiger partial charge in [-0.15, -0.1) is 0 Å². The zero-order chi connectivity index (χ0) is 12.9. The summed E-state index contributed by atoms with van der Waals surface area (Å²) in [5.41, 5.74) is 0. The molecule has 102 valence electrons. The lowest BCUT2D eigenvalue weighted by molar-refractivity contribution is 0.125. The zero-order valence-corrected chi connectivity index (χ0v) is 11.9. The highest BCUT2D eigenvalue weighted by Crippen LogP contribution is 2.26. The van der Waals surface area contributed by atoms with Gasteiger partial charge in [0.1, 0.15) is 0 Å². The van der Waals surface area contributed by atoms with Crippen LogP contribution >= 0.6 is 0 Å². The number of methoxy groups -OCH3 is 1. The molecule has 0 aromatic rings. The standard InChI is InChI=1S/C12H25NO3S/c1-4-6-13-12(10(2)8-16-3)11-5-7-17(14,15)9-11/h10-13H,4-9H2,1-3H3. The number of rotatable bonds is 7. The van der Waals surface area contributed by atoms with E-state index in [0.29, 0.717) is 24.0 Å². The predicted octanol–water partition coefficient (Wildman–Crippen LogP) is 1.07. The quantitative estimate of drug-likeness (QED) is 0.746. The number of sulfone groups is 1. The van der Waals surface area contributed by atoms with Crippen LogP contribution in [0.2, 0.25) is 0 Å². The second-order valence-electron chi connectivity index (χ2n) is 5.08. The van der Waals surface area contributed by atoms with E-state index in [1.54, 1.807) is 7.11 Å². The molecule has 17 heavy (non-hydrogen) atoms. The average Bonchev–Trinajstić information content (AvgIpc) is 2.60. The number of hydrogen-bond donors (Lipinski definition) is 1. The fourth-order valence-electron chi connectivity index (χ4n) is 2.62. The Balaban J connectivity index is 2.62. The summed E-state index contributed by atoms with van der Waals surface area (Å²) in [5.74, 6) is 1.28. The molecule has 3 atom stereocenters. The summed E-state index contributed by atoms with van der Waals surface area (Å²) in [5, 5.41) is 3.49. The molecule has 0 aromatic heterocycles. The molecule has 0 aromatic carbocycles. The van der Waals surface area contributed by atoms with Crippen molar-refractivity contribution in [3.8, 4) is 0 Å². The molecule has 3 unspecified atom stereocenters. The summed E-state index contributed by atoms with van der Waals surface area (Å²) in [4.78, 5) is 0. The molecule has 5 heteroatoms. The van der Waals surface area contributed by atoms with Gasteiger partial charge in [-0.2, -0.15) is 0 Å². The molecule has 1 saturated heterocycles. The average molecular weight is 263 g/mol. The molecule has 1 rings (SSSR count). The minimum atomic E-state index is -2.79. The molecule has 1 heterocycles. The molecular formula is C12H25NO3S. The van der Waals surface area contributed by atoms with Gasteiger partial charge in [-0.05, 0) is 31.2 Å². The fourth-order valence-corrected chi connectivity index (χ4v) is 4.47. The maximum Gasteiger partial charge on any atom is 0.150 e. The van der Waals surface area contributed by atoms with Crippen molar-refractivity contribution >= 4 is 9.84 Å².